The highest BCUT2D eigenvalue weighted by Crippen LogP contribution is 2.23. The van der Waals surface area contributed by atoms with Gasteiger partial charge in [-0.1, -0.05) is 23.2 Å². The van der Waals surface area contributed by atoms with Crippen LogP contribution < -0.4 is 5.32 Å². The number of amides is 1. The summed E-state index contributed by atoms with van der Waals surface area (Å²) in [6.45, 7) is 0. The molecule has 0 unspecified atom stereocenters. The summed E-state index contributed by atoms with van der Waals surface area (Å²) in [5.74, 6) is -2.90. The number of nitrogens with one attached hydrogen (secondary N) is 2. The molecule has 0 spiro atoms. The third-order valence-corrected chi connectivity index (χ3v) is 3.12. The minimum Gasteiger partial charge on any atom is -0.478 e. The fourth-order valence-electron chi connectivity index (χ4n) is 1.49. The molecular weight excluding hydrogens is 310 g/mol. The van der Waals surface area contributed by atoms with E-state index < -0.39 is 23.3 Å². The second-order valence-electron chi connectivity index (χ2n) is 3.80. The second-order valence-corrected chi connectivity index (χ2v) is 4.58. The molecule has 3 N–H and O–H groups in total. The van der Waals surface area contributed by atoms with Crippen LogP contribution in [0.4, 0.5) is 10.1 Å². The van der Waals surface area contributed by atoms with Crippen molar-refractivity contribution in [2.24, 2.45) is 0 Å². The number of carbonyl (C=O) groups is 2. The lowest BCUT2D eigenvalue weighted by Crippen LogP contribution is -2.13. The van der Waals surface area contributed by atoms with Gasteiger partial charge in [0.1, 0.15) is 16.7 Å². The Hall–Kier alpha value is -2.05. The first-order valence-electron chi connectivity index (χ1n) is 5.26. The van der Waals surface area contributed by atoms with Crippen LogP contribution in [0.2, 0.25) is 10.2 Å². The van der Waals surface area contributed by atoms with Crippen molar-refractivity contribution in [2.75, 3.05) is 5.32 Å². The van der Waals surface area contributed by atoms with Crippen LogP contribution in [-0.2, 0) is 0 Å². The lowest BCUT2D eigenvalue weighted by Gasteiger charge is -2.05. The van der Waals surface area contributed by atoms with Crippen LogP contribution >= 0.6 is 23.2 Å². The van der Waals surface area contributed by atoms with Gasteiger partial charge in [0.25, 0.3) is 5.91 Å². The zero-order valence-electron chi connectivity index (χ0n) is 9.71. The topological polar surface area (TPSA) is 82.2 Å². The Labute approximate surface area is 122 Å². The predicted octanol–water partition coefficient (Wildman–Crippen LogP) is 3.41. The average molecular weight is 317 g/mol. The molecule has 0 aliphatic carbocycles. The monoisotopic (exact) mass is 316 g/mol. The Bertz CT molecular complexity index is 681. The number of aromatic carboxylic acids is 1. The highest BCUT2D eigenvalue weighted by molar-refractivity contribution is 6.41. The molecule has 1 amide bonds. The van der Waals surface area contributed by atoms with Crippen LogP contribution in [0.5, 0.6) is 0 Å². The minimum absolute atomic E-state index is 0.0983. The number of hydrogen-bond acceptors (Lipinski definition) is 2. The van der Waals surface area contributed by atoms with Gasteiger partial charge in [-0.3, -0.25) is 4.79 Å². The van der Waals surface area contributed by atoms with E-state index >= 15 is 0 Å². The van der Waals surface area contributed by atoms with Crippen LogP contribution in [0, 0.1) is 5.82 Å². The van der Waals surface area contributed by atoms with E-state index in [4.69, 9.17) is 28.3 Å². The van der Waals surface area contributed by atoms with E-state index in [1.54, 1.807) is 0 Å². The summed E-state index contributed by atoms with van der Waals surface area (Å²) in [6.07, 6.45) is 0. The van der Waals surface area contributed by atoms with Gasteiger partial charge in [0, 0.05) is 5.69 Å². The molecule has 1 heterocycles. The van der Waals surface area contributed by atoms with E-state index in [0.717, 1.165) is 12.1 Å². The maximum Gasteiger partial charge on any atom is 0.338 e. The molecule has 0 fully saturated rings. The molecule has 0 saturated carbocycles. The van der Waals surface area contributed by atoms with Gasteiger partial charge in [0.15, 0.2) is 0 Å². The summed E-state index contributed by atoms with van der Waals surface area (Å²) in [6, 6.07) is 4.53. The van der Waals surface area contributed by atoms with E-state index in [2.05, 4.69) is 10.3 Å². The number of carboxylic acids is 1. The van der Waals surface area contributed by atoms with Gasteiger partial charge < -0.3 is 15.4 Å². The molecule has 0 atom stereocenters. The third kappa shape index (κ3) is 2.92. The number of anilines is 1. The summed E-state index contributed by atoms with van der Waals surface area (Å²) in [4.78, 5) is 25.2. The molecule has 0 radical (unpaired) electrons. The van der Waals surface area contributed by atoms with Crippen molar-refractivity contribution in [3.8, 4) is 0 Å². The zero-order chi connectivity index (χ0) is 14.9. The quantitative estimate of drug-likeness (QED) is 0.811. The zero-order valence-corrected chi connectivity index (χ0v) is 11.2. The fourth-order valence-corrected chi connectivity index (χ4v) is 1.80. The van der Waals surface area contributed by atoms with Crippen molar-refractivity contribution in [1.29, 1.82) is 0 Å². The lowest BCUT2D eigenvalue weighted by molar-refractivity contribution is 0.0691. The van der Waals surface area contributed by atoms with E-state index in [9.17, 15) is 14.0 Å². The molecule has 5 nitrogen and oxygen atoms in total. The number of halogens is 3. The Morgan fingerprint density at radius 1 is 1.25 bits per heavy atom. The molecule has 0 bridgehead atoms. The normalized spacial score (nSPS) is 10.3. The van der Waals surface area contributed by atoms with Gasteiger partial charge in [0.05, 0.1) is 10.6 Å². The van der Waals surface area contributed by atoms with Crippen LogP contribution in [0.25, 0.3) is 0 Å². The maximum absolute atomic E-state index is 13.2. The Morgan fingerprint density at radius 2 is 1.95 bits per heavy atom. The van der Waals surface area contributed by atoms with Crippen LogP contribution in [0.3, 0.4) is 0 Å². The summed E-state index contributed by atoms with van der Waals surface area (Å²) >= 11 is 11.4. The van der Waals surface area contributed by atoms with E-state index in [1.165, 1.54) is 12.1 Å². The molecule has 1 aromatic carbocycles. The van der Waals surface area contributed by atoms with Crippen molar-refractivity contribution in [2.45, 2.75) is 0 Å². The molecule has 0 aliphatic rings. The van der Waals surface area contributed by atoms with Crippen LogP contribution in [0.1, 0.15) is 20.8 Å². The van der Waals surface area contributed by atoms with Crippen molar-refractivity contribution < 1.29 is 19.1 Å². The Morgan fingerprint density at radius 3 is 2.50 bits per heavy atom. The first kappa shape index (κ1) is 14.4. The van der Waals surface area contributed by atoms with E-state index in [-0.39, 0.29) is 21.6 Å². The van der Waals surface area contributed by atoms with Crippen molar-refractivity contribution in [1.82, 2.24) is 4.98 Å². The minimum atomic E-state index is -1.43. The number of carbonyl (C=O) groups excluding carboxylic acids is 1. The highest BCUT2D eigenvalue weighted by atomic mass is 35.5. The second kappa shape index (κ2) is 5.52. The van der Waals surface area contributed by atoms with E-state index in [1.807, 2.05) is 0 Å². The summed E-state index contributed by atoms with van der Waals surface area (Å²) in [5, 5.41) is 11.5. The van der Waals surface area contributed by atoms with Gasteiger partial charge in [-0.15, -0.1) is 0 Å². The van der Waals surface area contributed by atoms with Gasteiger partial charge in [-0.2, -0.15) is 0 Å². The predicted molar refractivity (Wildman–Crippen MR) is 72.1 cm³/mol. The number of aromatic amines is 1. The van der Waals surface area contributed by atoms with E-state index in [0.29, 0.717) is 0 Å². The maximum atomic E-state index is 13.2. The molecule has 1 aromatic heterocycles. The molecule has 2 rings (SSSR count). The largest absolute Gasteiger partial charge is 0.478 e. The van der Waals surface area contributed by atoms with Gasteiger partial charge >= 0.3 is 5.97 Å². The standard InChI is InChI=1S/C12H7Cl2FN2O3/c13-7-4-9(17-10(7)14)11(18)16-5-1-2-8(15)6(3-5)12(19)20/h1-4,17H,(H,16,18)(H,19,20). The number of benzene rings is 1. The molecule has 20 heavy (non-hydrogen) atoms. The molecule has 8 heteroatoms. The molecule has 0 aliphatic heterocycles. The van der Waals surface area contributed by atoms with Crippen LogP contribution in [0.15, 0.2) is 24.3 Å². The van der Waals surface area contributed by atoms with Gasteiger partial charge in [-0.25, -0.2) is 9.18 Å². The number of aromatic nitrogens is 1. The van der Waals surface area contributed by atoms with Gasteiger partial charge in [0.2, 0.25) is 0 Å². The first-order chi connectivity index (χ1) is 9.38. The average Bonchev–Trinajstić information content (AvgIpc) is 2.72. The molecule has 104 valence electrons. The summed E-state index contributed by atoms with van der Waals surface area (Å²) in [5.41, 5.74) is -0.304. The van der Waals surface area contributed by atoms with Crippen LogP contribution in [-0.4, -0.2) is 22.0 Å². The SMILES string of the molecule is O=C(Nc1ccc(F)c(C(=O)O)c1)c1cc(Cl)c(Cl)[nH]1. The molecule has 2 aromatic rings. The molecular formula is C12H7Cl2FN2O3. The highest BCUT2D eigenvalue weighted by Gasteiger charge is 2.15. The lowest BCUT2D eigenvalue weighted by atomic mass is 10.2. The number of hydrogen-bond donors (Lipinski definition) is 3. The summed E-state index contributed by atoms with van der Waals surface area (Å²) in [7, 11) is 0. The Kier molecular flexibility index (Phi) is 3.96. The van der Waals surface area contributed by atoms with Crippen molar-refractivity contribution in [3.63, 3.8) is 0 Å². The third-order valence-electron chi connectivity index (χ3n) is 2.42. The Balaban J connectivity index is 2.24. The van der Waals surface area contributed by atoms with Gasteiger partial charge in [-0.05, 0) is 24.3 Å². The first-order valence-corrected chi connectivity index (χ1v) is 6.02. The number of rotatable bonds is 3. The smallest absolute Gasteiger partial charge is 0.338 e. The van der Waals surface area contributed by atoms with Crippen molar-refractivity contribution in [3.05, 3.63) is 51.5 Å². The number of H-pyrrole nitrogens is 1. The fraction of sp³-hybridized carbons (Fsp3) is 0. The van der Waals surface area contributed by atoms with Crippen molar-refractivity contribution >= 4 is 40.8 Å². The molecule has 0 saturated heterocycles. The number of carboxylic acid groups (broad SMARTS) is 1. The summed E-state index contributed by atoms with van der Waals surface area (Å²) < 4.78 is 13.2.